The molecule has 0 bridgehead atoms. The Morgan fingerprint density at radius 1 is 1.31 bits per heavy atom. The molecule has 1 heterocycles. The molecule has 16 heavy (non-hydrogen) atoms. The molecule has 2 nitrogen and oxygen atoms in total. The van der Waals surface area contributed by atoms with Gasteiger partial charge in [0.2, 0.25) is 0 Å². The average molecular weight is 303 g/mol. The SMILES string of the molecule is CCN(CC)CCSCc1ccc(Br)cn1. The summed E-state index contributed by atoms with van der Waals surface area (Å²) in [4.78, 5) is 6.80. The van der Waals surface area contributed by atoms with Gasteiger partial charge in [-0.3, -0.25) is 4.98 Å². The van der Waals surface area contributed by atoms with Gasteiger partial charge in [0.05, 0.1) is 5.69 Å². The van der Waals surface area contributed by atoms with Crippen LogP contribution in [-0.4, -0.2) is 35.3 Å². The molecule has 0 spiro atoms. The Bertz CT molecular complexity index is 286. The molecule has 0 aromatic carbocycles. The molecule has 0 aliphatic rings. The molecule has 0 radical (unpaired) electrons. The fourth-order valence-electron chi connectivity index (χ4n) is 1.40. The molecule has 0 aliphatic carbocycles. The highest BCUT2D eigenvalue weighted by Crippen LogP contribution is 2.13. The lowest BCUT2D eigenvalue weighted by molar-refractivity contribution is 0.324. The van der Waals surface area contributed by atoms with Crippen LogP contribution in [0.25, 0.3) is 0 Å². The van der Waals surface area contributed by atoms with Gasteiger partial charge in [0.1, 0.15) is 0 Å². The van der Waals surface area contributed by atoms with Gasteiger partial charge in [-0.15, -0.1) is 0 Å². The Morgan fingerprint density at radius 3 is 2.62 bits per heavy atom. The van der Waals surface area contributed by atoms with Crippen molar-refractivity contribution in [2.45, 2.75) is 19.6 Å². The molecule has 1 rings (SSSR count). The van der Waals surface area contributed by atoms with E-state index in [2.05, 4.69) is 45.7 Å². The normalized spacial score (nSPS) is 11.0. The van der Waals surface area contributed by atoms with Crippen LogP contribution in [0.2, 0.25) is 0 Å². The van der Waals surface area contributed by atoms with Crippen molar-refractivity contribution in [3.63, 3.8) is 0 Å². The Balaban J connectivity index is 2.18. The first-order valence-electron chi connectivity index (χ1n) is 5.66. The fourth-order valence-corrected chi connectivity index (χ4v) is 2.55. The standard InChI is InChI=1S/C12H19BrN2S/c1-3-15(4-2)7-8-16-10-12-6-5-11(13)9-14-12/h5-6,9H,3-4,7-8,10H2,1-2H3. The van der Waals surface area contributed by atoms with E-state index < -0.39 is 0 Å². The minimum absolute atomic E-state index is 1.01. The van der Waals surface area contributed by atoms with Crippen LogP contribution in [0.3, 0.4) is 0 Å². The largest absolute Gasteiger partial charge is 0.303 e. The number of halogens is 1. The van der Waals surface area contributed by atoms with Crippen LogP contribution in [-0.2, 0) is 5.75 Å². The predicted molar refractivity (Wildman–Crippen MR) is 75.9 cm³/mol. The second-order valence-corrected chi connectivity index (χ2v) is 5.57. The fraction of sp³-hybridized carbons (Fsp3) is 0.583. The number of hydrogen-bond acceptors (Lipinski definition) is 3. The van der Waals surface area contributed by atoms with Crippen molar-refractivity contribution in [2.75, 3.05) is 25.4 Å². The summed E-state index contributed by atoms with van der Waals surface area (Å²) < 4.78 is 1.05. The highest BCUT2D eigenvalue weighted by Gasteiger charge is 1.99. The predicted octanol–water partition coefficient (Wildman–Crippen LogP) is 3.42. The number of pyridine rings is 1. The van der Waals surface area contributed by atoms with Crippen LogP contribution in [0.5, 0.6) is 0 Å². The molecule has 4 heteroatoms. The van der Waals surface area contributed by atoms with Crippen molar-refractivity contribution in [3.8, 4) is 0 Å². The maximum Gasteiger partial charge on any atom is 0.0503 e. The highest BCUT2D eigenvalue weighted by atomic mass is 79.9. The average Bonchev–Trinajstić information content (AvgIpc) is 2.32. The molecule has 0 fully saturated rings. The van der Waals surface area contributed by atoms with E-state index in [4.69, 9.17) is 0 Å². The van der Waals surface area contributed by atoms with Crippen molar-refractivity contribution in [1.29, 1.82) is 0 Å². The number of aromatic nitrogens is 1. The van der Waals surface area contributed by atoms with E-state index in [1.807, 2.05) is 24.0 Å². The first-order valence-corrected chi connectivity index (χ1v) is 7.61. The number of hydrogen-bond donors (Lipinski definition) is 0. The van der Waals surface area contributed by atoms with E-state index in [1.54, 1.807) is 0 Å². The molecule has 0 aliphatic heterocycles. The summed E-state index contributed by atoms with van der Waals surface area (Å²) in [5.74, 6) is 2.19. The number of nitrogens with zero attached hydrogens (tertiary/aromatic N) is 2. The molecule has 0 saturated carbocycles. The first-order chi connectivity index (χ1) is 7.76. The minimum Gasteiger partial charge on any atom is -0.303 e. The third-order valence-electron chi connectivity index (χ3n) is 2.48. The summed E-state index contributed by atoms with van der Waals surface area (Å²) in [5, 5.41) is 0. The number of thioether (sulfide) groups is 1. The summed E-state index contributed by atoms with van der Waals surface area (Å²) in [5.41, 5.74) is 1.16. The minimum atomic E-state index is 1.01. The summed E-state index contributed by atoms with van der Waals surface area (Å²) in [6, 6.07) is 4.13. The van der Waals surface area contributed by atoms with Gasteiger partial charge in [-0.25, -0.2) is 0 Å². The van der Waals surface area contributed by atoms with E-state index in [1.165, 1.54) is 12.3 Å². The van der Waals surface area contributed by atoms with Gasteiger partial charge in [0.15, 0.2) is 0 Å². The van der Waals surface area contributed by atoms with Gasteiger partial charge in [-0.2, -0.15) is 11.8 Å². The van der Waals surface area contributed by atoms with E-state index in [-0.39, 0.29) is 0 Å². The van der Waals surface area contributed by atoms with E-state index in [0.29, 0.717) is 0 Å². The number of rotatable bonds is 7. The van der Waals surface area contributed by atoms with E-state index in [9.17, 15) is 0 Å². The molecule has 90 valence electrons. The van der Waals surface area contributed by atoms with Crippen LogP contribution in [0.15, 0.2) is 22.8 Å². The smallest absolute Gasteiger partial charge is 0.0503 e. The van der Waals surface area contributed by atoms with Crippen LogP contribution >= 0.6 is 27.7 Å². The van der Waals surface area contributed by atoms with Crippen LogP contribution < -0.4 is 0 Å². The molecule has 0 atom stereocenters. The Labute approximate surface area is 111 Å². The van der Waals surface area contributed by atoms with Gasteiger partial charge in [0.25, 0.3) is 0 Å². The zero-order valence-electron chi connectivity index (χ0n) is 9.95. The Hall–Kier alpha value is -0.0600. The second-order valence-electron chi connectivity index (χ2n) is 3.55. The third-order valence-corrected chi connectivity index (χ3v) is 3.93. The Kier molecular flexibility index (Phi) is 7.08. The van der Waals surface area contributed by atoms with Crippen LogP contribution in [0.1, 0.15) is 19.5 Å². The summed E-state index contributed by atoms with van der Waals surface area (Å²) in [7, 11) is 0. The quantitative estimate of drug-likeness (QED) is 0.718. The van der Waals surface area contributed by atoms with Gasteiger partial charge in [0, 0.05) is 28.7 Å². The van der Waals surface area contributed by atoms with Gasteiger partial charge < -0.3 is 4.90 Å². The van der Waals surface area contributed by atoms with Gasteiger partial charge in [-0.1, -0.05) is 13.8 Å². The van der Waals surface area contributed by atoms with E-state index >= 15 is 0 Å². The molecular weight excluding hydrogens is 284 g/mol. The topological polar surface area (TPSA) is 16.1 Å². The van der Waals surface area contributed by atoms with Crippen molar-refractivity contribution in [2.24, 2.45) is 0 Å². The molecule has 1 aromatic rings. The molecule has 0 N–H and O–H groups in total. The van der Waals surface area contributed by atoms with Gasteiger partial charge in [-0.05, 0) is 41.2 Å². The van der Waals surface area contributed by atoms with E-state index in [0.717, 1.165) is 29.0 Å². The Morgan fingerprint density at radius 2 is 2.06 bits per heavy atom. The van der Waals surface area contributed by atoms with Crippen LogP contribution in [0.4, 0.5) is 0 Å². The molecular formula is C12H19BrN2S. The van der Waals surface area contributed by atoms with Crippen molar-refractivity contribution >= 4 is 27.7 Å². The van der Waals surface area contributed by atoms with Crippen molar-refractivity contribution in [1.82, 2.24) is 9.88 Å². The first kappa shape index (κ1) is 14.0. The lowest BCUT2D eigenvalue weighted by atomic mass is 10.4. The second kappa shape index (κ2) is 8.09. The summed E-state index contributed by atoms with van der Waals surface area (Å²) in [6.45, 7) is 7.89. The maximum atomic E-state index is 4.35. The summed E-state index contributed by atoms with van der Waals surface area (Å²) >= 11 is 5.34. The molecule has 1 aromatic heterocycles. The summed E-state index contributed by atoms with van der Waals surface area (Å²) in [6.07, 6.45) is 1.86. The van der Waals surface area contributed by atoms with Crippen LogP contribution in [0, 0.1) is 0 Å². The van der Waals surface area contributed by atoms with Crippen molar-refractivity contribution in [3.05, 3.63) is 28.5 Å². The lowest BCUT2D eigenvalue weighted by Gasteiger charge is -2.17. The highest BCUT2D eigenvalue weighted by molar-refractivity contribution is 9.10. The molecule has 0 unspecified atom stereocenters. The molecule has 0 saturated heterocycles. The third kappa shape index (κ3) is 5.32. The molecule has 0 amide bonds. The zero-order chi connectivity index (χ0) is 11.8. The monoisotopic (exact) mass is 302 g/mol. The van der Waals surface area contributed by atoms with Crippen molar-refractivity contribution < 1.29 is 0 Å². The van der Waals surface area contributed by atoms with Gasteiger partial charge >= 0.3 is 0 Å². The lowest BCUT2D eigenvalue weighted by Crippen LogP contribution is -2.25. The zero-order valence-corrected chi connectivity index (χ0v) is 12.4. The maximum absolute atomic E-state index is 4.35.